The van der Waals surface area contributed by atoms with Crippen molar-refractivity contribution in [3.05, 3.63) is 29.8 Å². The highest BCUT2D eigenvalue weighted by atomic mass is 32.2. The lowest BCUT2D eigenvalue weighted by Gasteiger charge is -2.18. The van der Waals surface area contributed by atoms with Crippen LogP contribution in [0.15, 0.2) is 24.3 Å². The Bertz CT molecular complexity index is 521. The van der Waals surface area contributed by atoms with Gasteiger partial charge in [-0.2, -0.15) is 11.8 Å². The molecule has 0 fully saturated rings. The predicted octanol–water partition coefficient (Wildman–Crippen LogP) is 2.53. The summed E-state index contributed by atoms with van der Waals surface area (Å²) in [5, 5.41) is 11.9. The lowest BCUT2D eigenvalue weighted by Crippen LogP contribution is -2.40. The Morgan fingerprint density at radius 1 is 1.43 bits per heavy atom. The molecule has 2 rings (SSSR count). The molecule has 1 heterocycles. The van der Waals surface area contributed by atoms with Gasteiger partial charge in [0.1, 0.15) is 0 Å². The molecule has 1 aromatic rings. The molecule has 1 unspecified atom stereocenters. The SMILES string of the molecule is CSCCCNC(=O)N1CC(CC(=O)O)c2ccccc21. The summed E-state index contributed by atoms with van der Waals surface area (Å²) in [7, 11) is 0. The predicted molar refractivity (Wildman–Crippen MR) is 85.2 cm³/mol. The second-order valence-corrected chi connectivity index (χ2v) is 6.03. The van der Waals surface area contributed by atoms with Gasteiger partial charge in [0.15, 0.2) is 0 Å². The van der Waals surface area contributed by atoms with Crippen molar-refractivity contribution in [2.45, 2.75) is 18.8 Å². The van der Waals surface area contributed by atoms with Gasteiger partial charge in [-0.1, -0.05) is 18.2 Å². The fourth-order valence-corrected chi connectivity index (χ4v) is 3.01. The first-order valence-electron chi connectivity index (χ1n) is 6.98. The summed E-state index contributed by atoms with van der Waals surface area (Å²) < 4.78 is 0. The summed E-state index contributed by atoms with van der Waals surface area (Å²) in [5.41, 5.74) is 1.77. The highest BCUT2D eigenvalue weighted by Crippen LogP contribution is 2.37. The standard InChI is InChI=1S/C15H20N2O3S/c1-21-8-4-7-16-15(20)17-10-11(9-14(18)19)12-5-2-3-6-13(12)17/h2-3,5-6,11H,4,7-10H2,1H3,(H,16,20)(H,18,19). The van der Waals surface area contributed by atoms with E-state index in [4.69, 9.17) is 5.11 Å². The third-order valence-electron chi connectivity index (χ3n) is 3.54. The Labute approximate surface area is 128 Å². The summed E-state index contributed by atoms with van der Waals surface area (Å²) >= 11 is 1.75. The number of nitrogens with zero attached hydrogens (tertiary/aromatic N) is 1. The molecular formula is C15H20N2O3S. The number of aliphatic carboxylic acids is 1. The molecule has 0 saturated carbocycles. The number of fused-ring (bicyclic) bond motifs is 1. The quantitative estimate of drug-likeness (QED) is 0.792. The number of carboxylic acids is 1. The van der Waals surface area contributed by atoms with E-state index >= 15 is 0 Å². The maximum Gasteiger partial charge on any atom is 0.321 e. The summed E-state index contributed by atoms with van der Waals surface area (Å²) in [4.78, 5) is 24.9. The van der Waals surface area contributed by atoms with Crippen molar-refractivity contribution in [2.75, 3.05) is 30.0 Å². The zero-order valence-electron chi connectivity index (χ0n) is 12.0. The van der Waals surface area contributed by atoms with Gasteiger partial charge in [0, 0.05) is 24.7 Å². The van der Waals surface area contributed by atoms with Crippen LogP contribution in [0.3, 0.4) is 0 Å². The van der Waals surface area contributed by atoms with E-state index < -0.39 is 5.97 Å². The summed E-state index contributed by atoms with van der Waals surface area (Å²) in [5.74, 6) is 0.0473. The Kier molecular flexibility index (Phi) is 5.50. The number of para-hydroxylation sites is 1. The molecule has 0 aliphatic carbocycles. The highest BCUT2D eigenvalue weighted by molar-refractivity contribution is 7.98. The van der Waals surface area contributed by atoms with Crippen molar-refractivity contribution in [1.82, 2.24) is 5.32 Å². The number of amides is 2. The number of urea groups is 1. The third-order valence-corrected chi connectivity index (χ3v) is 4.23. The smallest absolute Gasteiger partial charge is 0.321 e. The molecule has 0 radical (unpaired) electrons. The topological polar surface area (TPSA) is 69.6 Å². The highest BCUT2D eigenvalue weighted by Gasteiger charge is 2.33. The number of anilines is 1. The van der Waals surface area contributed by atoms with Crippen LogP contribution in [0.4, 0.5) is 10.5 Å². The second-order valence-electron chi connectivity index (χ2n) is 5.04. The maximum absolute atomic E-state index is 12.3. The number of thioether (sulfide) groups is 1. The van der Waals surface area contributed by atoms with Crippen molar-refractivity contribution in [3.63, 3.8) is 0 Å². The van der Waals surface area contributed by atoms with Gasteiger partial charge < -0.3 is 10.4 Å². The van der Waals surface area contributed by atoms with E-state index in [1.165, 1.54) is 0 Å². The van der Waals surface area contributed by atoms with Crippen LogP contribution in [0.5, 0.6) is 0 Å². The number of carbonyl (C=O) groups excluding carboxylic acids is 1. The van der Waals surface area contributed by atoms with Crippen LogP contribution in [-0.2, 0) is 4.79 Å². The van der Waals surface area contributed by atoms with E-state index in [-0.39, 0.29) is 18.4 Å². The molecule has 5 nitrogen and oxygen atoms in total. The number of nitrogens with one attached hydrogen (secondary N) is 1. The monoisotopic (exact) mass is 308 g/mol. The maximum atomic E-state index is 12.3. The summed E-state index contributed by atoms with van der Waals surface area (Å²) in [6, 6.07) is 7.39. The van der Waals surface area contributed by atoms with Crippen LogP contribution in [0, 0.1) is 0 Å². The van der Waals surface area contributed by atoms with Crippen molar-refractivity contribution in [2.24, 2.45) is 0 Å². The minimum Gasteiger partial charge on any atom is -0.481 e. The van der Waals surface area contributed by atoms with Gasteiger partial charge in [-0.3, -0.25) is 9.69 Å². The van der Waals surface area contributed by atoms with Gasteiger partial charge in [-0.25, -0.2) is 4.79 Å². The second kappa shape index (κ2) is 7.36. The molecule has 2 amide bonds. The molecule has 0 spiro atoms. The van der Waals surface area contributed by atoms with Crippen LogP contribution in [0.25, 0.3) is 0 Å². The van der Waals surface area contributed by atoms with Crippen LogP contribution in [-0.4, -0.2) is 42.2 Å². The molecule has 2 N–H and O–H groups in total. The van der Waals surface area contributed by atoms with E-state index in [0.717, 1.165) is 23.4 Å². The Morgan fingerprint density at radius 3 is 2.90 bits per heavy atom. The molecular weight excluding hydrogens is 288 g/mol. The number of carbonyl (C=O) groups is 2. The fourth-order valence-electron chi connectivity index (χ4n) is 2.58. The molecule has 1 aromatic carbocycles. The first kappa shape index (κ1) is 15.7. The van der Waals surface area contributed by atoms with Gasteiger partial charge in [0.05, 0.1) is 6.42 Å². The van der Waals surface area contributed by atoms with Crippen molar-refractivity contribution in [3.8, 4) is 0 Å². The van der Waals surface area contributed by atoms with E-state index in [1.54, 1.807) is 16.7 Å². The van der Waals surface area contributed by atoms with Crippen LogP contribution < -0.4 is 10.2 Å². The molecule has 114 valence electrons. The Balaban J connectivity index is 2.04. The van der Waals surface area contributed by atoms with Crippen LogP contribution in [0.1, 0.15) is 24.3 Å². The van der Waals surface area contributed by atoms with E-state index in [0.29, 0.717) is 13.1 Å². The molecule has 0 aromatic heterocycles. The van der Waals surface area contributed by atoms with Crippen LogP contribution >= 0.6 is 11.8 Å². The molecule has 0 bridgehead atoms. The molecule has 6 heteroatoms. The number of benzene rings is 1. The fraction of sp³-hybridized carbons (Fsp3) is 0.467. The minimum atomic E-state index is -0.836. The average molecular weight is 308 g/mol. The number of rotatable bonds is 6. The van der Waals surface area contributed by atoms with Gasteiger partial charge in [-0.15, -0.1) is 0 Å². The third kappa shape index (κ3) is 3.91. The van der Waals surface area contributed by atoms with Gasteiger partial charge in [0.25, 0.3) is 0 Å². The first-order chi connectivity index (χ1) is 10.1. The van der Waals surface area contributed by atoms with E-state index in [2.05, 4.69) is 5.32 Å². The molecule has 1 atom stereocenters. The number of hydrogen-bond acceptors (Lipinski definition) is 3. The molecule has 0 saturated heterocycles. The largest absolute Gasteiger partial charge is 0.481 e. The lowest BCUT2D eigenvalue weighted by molar-refractivity contribution is -0.137. The zero-order valence-corrected chi connectivity index (χ0v) is 12.9. The van der Waals surface area contributed by atoms with Gasteiger partial charge >= 0.3 is 12.0 Å². The van der Waals surface area contributed by atoms with E-state index in [1.807, 2.05) is 30.5 Å². The molecule has 1 aliphatic rings. The molecule has 1 aliphatic heterocycles. The normalized spacial score (nSPS) is 16.6. The Hall–Kier alpha value is -1.69. The summed E-state index contributed by atoms with van der Waals surface area (Å²) in [6.45, 7) is 1.07. The lowest BCUT2D eigenvalue weighted by atomic mass is 9.98. The summed E-state index contributed by atoms with van der Waals surface area (Å²) in [6.07, 6.45) is 3.02. The van der Waals surface area contributed by atoms with Crippen molar-refractivity contribution < 1.29 is 14.7 Å². The zero-order chi connectivity index (χ0) is 15.2. The first-order valence-corrected chi connectivity index (χ1v) is 8.38. The van der Waals surface area contributed by atoms with E-state index in [9.17, 15) is 9.59 Å². The Morgan fingerprint density at radius 2 is 2.19 bits per heavy atom. The number of hydrogen-bond donors (Lipinski definition) is 2. The molecule has 21 heavy (non-hydrogen) atoms. The minimum absolute atomic E-state index is 0.0489. The van der Waals surface area contributed by atoms with Crippen LogP contribution in [0.2, 0.25) is 0 Å². The van der Waals surface area contributed by atoms with Crippen molar-refractivity contribution >= 4 is 29.4 Å². The number of carboxylic acid groups (broad SMARTS) is 1. The average Bonchev–Trinajstić information content (AvgIpc) is 2.82. The van der Waals surface area contributed by atoms with Crippen molar-refractivity contribution in [1.29, 1.82) is 0 Å². The van der Waals surface area contributed by atoms with Gasteiger partial charge in [0.2, 0.25) is 0 Å². The van der Waals surface area contributed by atoms with Gasteiger partial charge in [-0.05, 0) is 30.1 Å².